The van der Waals surface area contributed by atoms with Crippen molar-refractivity contribution in [2.24, 2.45) is 0 Å². The Hall–Kier alpha value is -2.53. The number of aryl methyl sites for hydroxylation is 2. The predicted molar refractivity (Wildman–Crippen MR) is 99.9 cm³/mol. The van der Waals surface area contributed by atoms with E-state index in [2.05, 4.69) is 10.6 Å². The Balaban J connectivity index is 2.26. The minimum Gasteiger partial charge on any atom is -0.496 e. The summed E-state index contributed by atoms with van der Waals surface area (Å²) in [6, 6.07) is 8.34. The van der Waals surface area contributed by atoms with Gasteiger partial charge >= 0.3 is 0 Å². The molecule has 0 atom stereocenters. The zero-order valence-corrected chi connectivity index (χ0v) is 15.5. The van der Waals surface area contributed by atoms with Crippen LogP contribution in [0.2, 0.25) is 5.02 Å². The molecule has 0 aliphatic rings. The summed E-state index contributed by atoms with van der Waals surface area (Å²) in [5.41, 5.74) is 3.11. The Kier molecular flexibility index (Phi) is 6.04. The summed E-state index contributed by atoms with van der Waals surface area (Å²) >= 11 is 6.07. The van der Waals surface area contributed by atoms with Gasteiger partial charge in [-0.05, 0) is 62.2 Å². The van der Waals surface area contributed by atoms with Crippen LogP contribution in [-0.4, -0.2) is 25.5 Å². The Morgan fingerprint density at radius 1 is 1.08 bits per heavy atom. The van der Waals surface area contributed by atoms with E-state index >= 15 is 0 Å². The largest absolute Gasteiger partial charge is 0.496 e. The molecule has 2 rings (SSSR count). The van der Waals surface area contributed by atoms with Crippen molar-refractivity contribution in [1.82, 2.24) is 5.32 Å². The lowest BCUT2D eigenvalue weighted by Crippen LogP contribution is -2.23. The second-order valence-corrected chi connectivity index (χ2v) is 6.06. The molecule has 2 N–H and O–H groups in total. The molecule has 0 aliphatic carbocycles. The summed E-state index contributed by atoms with van der Waals surface area (Å²) in [5.74, 6) is 0.222. The van der Waals surface area contributed by atoms with Crippen LogP contribution in [0, 0.1) is 13.8 Å². The van der Waals surface area contributed by atoms with Crippen LogP contribution in [0.25, 0.3) is 0 Å². The molecule has 6 heteroatoms. The molecule has 0 spiro atoms. The molecule has 0 aromatic heterocycles. The highest BCUT2D eigenvalue weighted by atomic mass is 35.5. The second-order valence-electron chi connectivity index (χ2n) is 5.65. The van der Waals surface area contributed by atoms with Gasteiger partial charge in [0.25, 0.3) is 11.8 Å². The molecule has 2 amide bonds. The van der Waals surface area contributed by atoms with E-state index in [0.717, 1.165) is 16.9 Å². The molecule has 2 aromatic carbocycles. The Morgan fingerprint density at radius 2 is 1.72 bits per heavy atom. The third-order valence-corrected chi connectivity index (χ3v) is 4.06. The number of carbonyl (C=O) groups is 2. The number of halogens is 1. The molecule has 0 radical (unpaired) electrons. The molecule has 132 valence electrons. The zero-order chi connectivity index (χ0) is 18.6. The van der Waals surface area contributed by atoms with Crippen molar-refractivity contribution in [3.8, 4) is 5.75 Å². The summed E-state index contributed by atoms with van der Waals surface area (Å²) in [6.07, 6.45) is 0. The maximum Gasteiger partial charge on any atom is 0.255 e. The van der Waals surface area contributed by atoms with Crippen LogP contribution < -0.4 is 15.4 Å². The number of anilines is 1. The minimum atomic E-state index is -0.278. The van der Waals surface area contributed by atoms with Gasteiger partial charge in [0, 0.05) is 17.8 Å². The highest BCUT2D eigenvalue weighted by molar-refractivity contribution is 6.34. The maximum atomic E-state index is 12.5. The number of amides is 2. The van der Waals surface area contributed by atoms with Gasteiger partial charge in [-0.25, -0.2) is 0 Å². The number of benzene rings is 2. The highest BCUT2D eigenvalue weighted by Gasteiger charge is 2.14. The zero-order valence-electron chi connectivity index (χ0n) is 14.7. The van der Waals surface area contributed by atoms with Crippen LogP contribution in [0.4, 0.5) is 5.69 Å². The average molecular weight is 361 g/mol. The molecule has 5 nitrogen and oxygen atoms in total. The van der Waals surface area contributed by atoms with Crippen molar-refractivity contribution in [3.63, 3.8) is 0 Å². The van der Waals surface area contributed by atoms with Crippen LogP contribution in [0.1, 0.15) is 38.8 Å². The van der Waals surface area contributed by atoms with Crippen molar-refractivity contribution in [2.75, 3.05) is 19.0 Å². The fourth-order valence-electron chi connectivity index (χ4n) is 2.64. The minimum absolute atomic E-state index is 0.266. The summed E-state index contributed by atoms with van der Waals surface area (Å²) in [4.78, 5) is 24.5. The lowest BCUT2D eigenvalue weighted by atomic mass is 10.0. The predicted octanol–water partition coefficient (Wildman–Crippen LogP) is 3.97. The second kappa shape index (κ2) is 8.03. The number of hydrogen-bond donors (Lipinski definition) is 2. The first-order valence-electron chi connectivity index (χ1n) is 7.91. The van der Waals surface area contributed by atoms with Gasteiger partial charge in [-0.15, -0.1) is 0 Å². The summed E-state index contributed by atoms with van der Waals surface area (Å²) < 4.78 is 5.32. The number of ether oxygens (including phenoxy) is 1. The SMILES string of the molecule is CCNC(=O)c1cc(NC(=O)c2cc(C)c(OC)c(C)c2)ccc1Cl. The maximum absolute atomic E-state index is 12.5. The molecule has 0 bridgehead atoms. The lowest BCUT2D eigenvalue weighted by molar-refractivity contribution is 0.0954. The normalized spacial score (nSPS) is 10.3. The number of nitrogens with one attached hydrogen (secondary N) is 2. The van der Waals surface area contributed by atoms with Crippen LogP contribution >= 0.6 is 11.6 Å². The van der Waals surface area contributed by atoms with Gasteiger partial charge in [0.15, 0.2) is 0 Å². The molecule has 25 heavy (non-hydrogen) atoms. The molecule has 0 heterocycles. The van der Waals surface area contributed by atoms with Gasteiger partial charge in [-0.2, -0.15) is 0 Å². The van der Waals surface area contributed by atoms with E-state index in [0.29, 0.717) is 28.4 Å². The Morgan fingerprint density at radius 3 is 2.28 bits per heavy atom. The van der Waals surface area contributed by atoms with Crippen LogP contribution in [0.3, 0.4) is 0 Å². The smallest absolute Gasteiger partial charge is 0.255 e. The molecule has 0 unspecified atom stereocenters. The topological polar surface area (TPSA) is 67.4 Å². The van der Waals surface area contributed by atoms with Gasteiger partial charge in [-0.1, -0.05) is 11.6 Å². The molecule has 0 aliphatic heterocycles. The van der Waals surface area contributed by atoms with Crippen LogP contribution in [0.5, 0.6) is 5.75 Å². The van der Waals surface area contributed by atoms with E-state index < -0.39 is 0 Å². The summed E-state index contributed by atoms with van der Waals surface area (Å²) in [6.45, 7) is 6.10. The van der Waals surface area contributed by atoms with Crippen molar-refractivity contribution in [1.29, 1.82) is 0 Å². The first-order chi connectivity index (χ1) is 11.9. The summed E-state index contributed by atoms with van der Waals surface area (Å²) in [5, 5.41) is 5.82. The van der Waals surface area contributed by atoms with Crippen LogP contribution in [-0.2, 0) is 0 Å². The fraction of sp³-hybridized carbons (Fsp3) is 0.263. The lowest BCUT2D eigenvalue weighted by Gasteiger charge is -2.12. The van der Waals surface area contributed by atoms with E-state index in [4.69, 9.17) is 16.3 Å². The van der Waals surface area contributed by atoms with E-state index in [9.17, 15) is 9.59 Å². The standard InChI is InChI=1S/C19H21ClN2O3/c1-5-21-19(24)15-10-14(6-7-16(15)20)22-18(23)13-8-11(2)17(25-4)12(3)9-13/h6-10H,5H2,1-4H3,(H,21,24)(H,22,23). The van der Waals surface area contributed by atoms with Gasteiger partial charge in [0.05, 0.1) is 17.7 Å². The third-order valence-electron chi connectivity index (χ3n) is 3.73. The Labute approximate surface area is 152 Å². The third kappa shape index (κ3) is 4.31. The fourth-order valence-corrected chi connectivity index (χ4v) is 2.84. The number of rotatable bonds is 5. The molecule has 0 saturated carbocycles. The van der Waals surface area contributed by atoms with Gasteiger partial charge < -0.3 is 15.4 Å². The van der Waals surface area contributed by atoms with Gasteiger partial charge in [-0.3, -0.25) is 9.59 Å². The van der Waals surface area contributed by atoms with E-state index in [1.54, 1.807) is 37.4 Å². The number of methoxy groups -OCH3 is 1. The van der Waals surface area contributed by atoms with E-state index in [-0.39, 0.29) is 11.8 Å². The molecular weight excluding hydrogens is 340 g/mol. The molecule has 2 aromatic rings. The van der Waals surface area contributed by atoms with Crippen LogP contribution in [0.15, 0.2) is 30.3 Å². The first kappa shape index (κ1) is 18.8. The summed E-state index contributed by atoms with van der Waals surface area (Å²) in [7, 11) is 1.60. The molecule has 0 saturated heterocycles. The van der Waals surface area contributed by atoms with Crippen molar-refractivity contribution < 1.29 is 14.3 Å². The molecule has 0 fully saturated rings. The Bertz CT molecular complexity index is 795. The highest BCUT2D eigenvalue weighted by Crippen LogP contribution is 2.25. The molecular formula is C19H21ClN2O3. The first-order valence-corrected chi connectivity index (χ1v) is 8.29. The van der Waals surface area contributed by atoms with Gasteiger partial charge in [0.2, 0.25) is 0 Å². The quantitative estimate of drug-likeness (QED) is 0.847. The van der Waals surface area contributed by atoms with Crippen molar-refractivity contribution >= 4 is 29.1 Å². The number of hydrogen-bond acceptors (Lipinski definition) is 3. The van der Waals surface area contributed by atoms with Gasteiger partial charge in [0.1, 0.15) is 5.75 Å². The average Bonchev–Trinajstić information content (AvgIpc) is 2.56. The van der Waals surface area contributed by atoms with Crippen molar-refractivity contribution in [2.45, 2.75) is 20.8 Å². The van der Waals surface area contributed by atoms with Crippen molar-refractivity contribution in [3.05, 3.63) is 57.6 Å². The number of carbonyl (C=O) groups excluding carboxylic acids is 2. The van der Waals surface area contributed by atoms with E-state index in [1.807, 2.05) is 20.8 Å². The van der Waals surface area contributed by atoms with E-state index in [1.165, 1.54) is 0 Å². The monoisotopic (exact) mass is 360 g/mol.